The molecule has 0 spiro atoms. The summed E-state index contributed by atoms with van der Waals surface area (Å²) in [5.41, 5.74) is 0. The van der Waals surface area contributed by atoms with Gasteiger partial charge >= 0.3 is 0 Å². The van der Waals surface area contributed by atoms with Crippen LogP contribution in [0.1, 0.15) is 13.3 Å². The third-order valence-electron chi connectivity index (χ3n) is 1.34. The van der Waals surface area contributed by atoms with Gasteiger partial charge in [-0.3, -0.25) is 4.57 Å². The molecule has 74 valence electrons. The van der Waals surface area contributed by atoms with Gasteiger partial charge in [0, 0.05) is 18.5 Å². The SMILES string of the molecule is CCCP(=O)(O)SCCN(C)C. The highest BCUT2D eigenvalue weighted by Crippen LogP contribution is 2.54. The molecule has 0 aliphatic carbocycles. The Bertz CT molecular complexity index is 163. The molecule has 0 aromatic carbocycles. The molecular formula is C7H18NO2PS. The molecule has 0 saturated heterocycles. The van der Waals surface area contributed by atoms with Crippen molar-refractivity contribution in [1.29, 1.82) is 0 Å². The van der Waals surface area contributed by atoms with Crippen LogP contribution in [0.5, 0.6) is 0 Å². The van der Waals surface area contributed by atoms with E-state index in [1.165, 1.54) is 11.4 Å². The van der Waals surface area contributed by atoms with E-state index in [2.05, 4.69) is 0 Å². The Hall–Kier alpha value is 0.500. The monoisotopic (exact) mass is 211 g/mol. The summed E-state index contributed by atoms with van der Waals surface area (Å²) in [6, 6.07) is 0. The van der Waals surface area contributed by atoms with Gasteiger partial charge in [0.05, 0.1) is 0 Å². The van der Waals surface area contributed by atoms with E-state index in [-0.39, 0.29) is 0 Å². The van der Waals surface area contributed by atoms with Gasteiger partial charge in [-0.2, -0.15) is 0 Å². The van der Waals surface area contributed by atoms with Gasteiger partial charge in [-0.15, -0.1) is 0 Å². The highest BCUT2D eigenvalue weighted by atomic mass is 32.7. The van der Waals surface area contributed by atoms with Crippen molar-refractivity contribution in [1.82, 2.24) is 4.90 Å². The first-order valence-electron chi connectivity index (χ1n) is 4.09. The molecule has 0 aromatic rings. The highest BCUT2D eigenvalue weighted by molar-refractivity contribution is 8.56. The Morgan fingerprint density at radius 2 is 2.08 bits per heavy atom. The van der Waals surface area contributed by atoms with Crippen molar-refractivity contribution in [2.45, 2.75) is 13.3 Å². The van der Waals surface area contributed by atoms with Crippen molar-refractivity contribution < 1.29 is 9.46 Å². The zero-order valence-corrected chi connectivity index (χ0v) is 9.70. The fourth-order valence-corrected chi connectivity index (χ4v) is 4.18. The van der Waals surface area contributed by atoms with Crippen molar-refractivity contribution in [3.05, 3.63) is 0 Å². The normalized spacial score (nSPS) is 16.4. The largest absolute Gasteiger partial charge is 0.337 e. The van der Waals surface area contributed by atoms with Crippen LogP contribution in [0.4, 0.5) is 0 Å². The second-order valence-electron chi connectivity index (χ2n) is 3.00. The molecular weight excluding hydrogens is 193 g/mol. The molecule has 0 aliphatic rings. The van der Waals surface area contributed by atoms with Crippen molar-refractivity contribution in [2.24, 2.45) is 0 Å². The van der Waals surface area contributed by atoms with Crippen LogP contribution in [0.15, 0.2) is 0 Å². The van der Waals surface area contributed by atoms with Gasteiger partial charge in [-0.25, -0.2) is 0 Å². The summed E-state index contributed by atoms with van der Waals surface area (Å²) < 4.78 is 11.3. The van der Waals surface area contributed by atoms with E-state index in [9.17, 15) is 9.46 Å². The molecule has 0 aliphatic heterocycles. The lowest BCUT2D eigenvalue weighted by molar-refractivity contribution is 0.437. The Kier molecular flexibility index (Phi) is 6.28. The minimum Gasteiger partial charge on any atom is -0.337 e. The Balaban J connectivity index is 3.54. The van der Waals surface area contributed by atoms with Crippen LogP contribution in [-0.2, 0) is 4.57 Å². The summed E-state index contributed by atoms with van der Waals surface area (Å²) >= 11 is 1.20. The topological polar surface area (TPSA) is 40.5 Å². The molecule has 0 radical (unpaired) electrons. The maximum atomic E-state index is 11.3. The van der Waals surface area contributed by atoms with E-state index in [4.69, 9.17) is 0 Å². The number of nitrogens with zero attached hydrogens (tertiary/aromatic N) is 1. The molecule has 5 heteroatoms. The molecule has 0 rings (SSSR count). The second-order valence-corrected chi connectivity index (χ2v) is 7.87. The predicted molar refractivity (Wildman–Crippen MR) is 56.0 cm³/mol. The van der Waals surface area contributed by atoms with Gasteiger partial charge in [-0.05, 0) is 20.5 Å². The quantitative estimate of drug-likeness (QED) is 0.681. The fourth-order valence-electron chi connectivity index (χ4n) is 0.713. The molecule has 0 amide bonds. The summed E-state index contributed by atoms with van der Waals surface area (Å²) in [5.74, 6) is 0.737. The number of hydrogen-bond acceptors (Lipinski definition) is 3. The van der Waals surface area contributed by atoms with Crippen LogP contribution >= 0.6 is 18.0 Å². The summed E-state index contributed by atoms with van der Waals surface area (Å²) in [4.78, 5) is 11.3. The third kappa shape index (κ3) is 7.17. The average Bonchev–Trinajstić information content (AvgIpc) is 1.85. The van der Waals surface area contributed by atoms with Gasteiger partial charge in [0.1, 0.15) is 0 Å². The van der Waals surface area contributed by atoms with E-state index in [0.29, 0.717) is 6.16 Å². The standard InChI is InChI=1S/C7H18NO2PS/c1-4-6-11(9,10)12-7-5-8(2)3/h4-7H2,1-3H3,(H,9,10). The van der Waals surface area contributed by atoms with Crippen LogP contribution in [0.2, 0.25) is 0 Å². The molecule has 1 N–H and O–H groups in total. The Morgan fingerprint density at radius 1 is 1.50 bits per heavy atom. The van der Waals surface area contributed by atoms with Crippen molar-refractivity contribution in [2.75, 3.05) is 32.6 Å². The van der Waals surface area contributed by atoms with Gasteiger partial charge in [-0.1, -0.05) is 18.3 Å². The van der Waals surface area contributed by atoms with Crippen LogP contribution in [0.25, 0.3) is 0 Å². The van der Waals surface area contributed by atoms with Crippen LogP contribution < -0.4 is 0 Å². The first-order valence-corrected chi connectivity index (χ1v) is 7.52. The maximum Gasteiger partial charge on any atom is 0.255 e. The van der Waals surface area contributed by atoms with Gasteiger partial charge in [0.2, 0.25) is 0 Å². The lowest BCUT2D eigenvalue weighted by Gasteiger charge is -2.12. The van der Waals surface area contributed by atoms with Gasteiger partial charge < -0.3 is 9.79 Å². The Labute approximate surface area is 78.7 Å². The summed E-state index contributed by atoms with van der Waals surface area (Å²) in [6.07, 6.45) is 1.22. The maximum absolute atomic E-state index is 11.3. The molecule has 1 atom stereocenters. The first-order chi connectivity index (χ1) is 5.48. The predicted octanol–water partition coefficient (Wildman–Crippen LogP) is 1.88. The third-order valence-corrected chi connectivity index (χ3v) is 5.42. The zero-order chi connectivity index (χ0) is 9.61. The number of rotatable bonds is 6. The summed E-state index contributed by atoms with van der Waals surface area (Å²) in [5, 5.41) is 0. The molecule has 0 aromatic heterocycles. The number of hydrogen-bond donors (Lipinski definition) is 1. The summed E-state index contributed by atoms with van der Waals surface area (Å²) in [7, 11) is 3.92. The van der Waals surface area contributed by atoms with Crippen LogP contribution in [0, 0.1) is 0 Å². The minimum absolute atomic E-state index is 0.436. The van der Waals surface area contributed by atoms with Crippen molar-refractivity contribution >= 4 is 18.0 Å². The molecule has 0 bridgehead atoms. The average molecular weight is 211 g/mol. The molecule has 0 fully saturated rings. The van der Waals surface area contributed by atoms with Crippen LogP contribution in [0.3, 0.4) is 0 Å². The zero-order valence-electron chi connectivity index (χ0n) is 7.99. The minimum atomic E-state index is -2.86. The van der Waals surface area contributed by atoms with E-state index in [1.54, 1.807) is 0 Å². The van der Waals surface area contributed by atoms with E-state index < -0.39 is 6.57 Å². The molecule has 0 heterocycles. The highest BCUT2D eigenvalue weighted by Gasteiger charge is 2.16. The lowest BCUT2D eigenvalue weighted by atomic mass is 10.6. The summed E-state index contributed by atoms with van der Waals surface area (Å²) in [6.45, 7) is -0.0727. The Morgan fingerprint density at radius 3 is 2.50 bits per heavy atom. The molecule has 1 unspecified atom stereocenters. The molecule has 12 heavy (non-hydrogen) atoms. The first kappa shape index (κ1) is 12.5. The fraction of sp³-hybridized carbons (Fsp3) is 1.00. The van der Waals surface area contributed by atoms with Gasteiger partial charge in [0.15, 0.2) is 0 Å². The van der Waals surface area contributed by atoms with E-state index >= 15 is 0 Å². The second kappa shape index (κ2) is 6.03. The van der Waals surface area contributed by atoms with Crippen molar-refractivity contribution in [3.63, 3.8) is 0 Å². The molecule has 3 nitrogen and oxygen atoms in total. The lowest BCUT2D eigenvalue weighted by Crippen LogP contribution is -2.14. The van der Waals surface area contributed by atoms with Gasteiger partial charge in [0.25, 0.3) is 6.57 Å². The van der Waals surface area contributed by atoms with E-state index in [1.807, 2.05) is 25.9 Å². The van der Waals surface area contributed by atoms with Crippen molar-refractivity contribution in [3.8, 4) is 0 Å². The smallest absolute Gasteiger partial charge is 0.255 e. The van der Waals surface area contributed by atoms with E-state index in [0.717, 1.165) is 18.7 Å². The molecule has 0 saturated carbocycles. The van der Waals surface area contributed by atoms with Crippen LogP contribution in [-0.4, -0.2) is 42.3 Å².